The van der Waals surface area contributed by atoms with Crippen LogP contribution in [0.15, 0.2) is 79.4 Å². The molecule has 0 spiro atoms. The van der Waals surface area contributed by atoms with Crippen molar-refractivity contribution < 1.29 is 0 Å². The summed E-state index contributed by atoms with van der Waals surface area (Å²) < 4.78 is 0. The van der Waals surface area contributed by atoms with Gasteiger partial charge in [-0.1, -0.05) is 12.1 Å². The van der Waals surface area contributed by atoms with E-state index in [0.29, 0.717) is 0 Å². The molecule has 2 N–H and O–H groups in total. The number of nitrogens with two attached hydrogens (primary N) is 1. The Morgan fingerprint density at radius 1 is 0.667 bits per heavy atom. The molecule has 5 heteroatoms. The highest BCUT2D eigenvalue weighted by molar-refractivity contribution is 5.97. The van der Waals surface area contributed by atoms with Crippen molar-refractivity contribution in [2.45, 2.75) is 0 Å². The number of aromatic nitrogens is 4. The highest BCUT2D eigenvalue weighted by atomic mass is 15.0. The number of pyridine rings is 2. The van der Waals surface area contributed by atoms with Gasteiger partial charge in [-0.2, -0.15) is 0 Å². The number of anilines is 1. The largest absolute Gasteiger partial charge is 0.368 e. The van der Waals surface area contributed by atoms with Crippen molar-refractivity contribution in [1.82, 2.24) is 19.9 Å². The van der Waals surface area contributed by atoms with Gasteiger partial charge >= 0.3 is 0 Å². The van der Waals surface area contributed by atoms with Crippen molar-refractivity contribution >= 4 is 27.8 Å². The van der Waals surface area contributed by atoms with Crippen molar-refractivity contribution in [3.05, 3.63) is 79.4 Å². The fourth-order valence-corrected chi connectivity index (χ4v) is 3.34. The summed E-state index contributed by atoms with van der Waals surface area (Å²) in [5.41, 5.74) is 12.0. The van der Waals surface area contributed by atoms with Crippen LogP contribution in [0.5, 0.6) is 0 Å². The Hall–Kier alpha value is -3.86. The maximum absolute atomic E-state index is 5.67. The number of hydrogen-bond donors (Lipinski definition) is 1. The number of benzene rings is 2. The third kappa shape index (κ3) is 2.75. The molecule has 0 radical (unpaired) electrons. The van der Waals surface area contributed by atoms with Crippen LogP contribution < -0.4 is 5.73 Å². The van der Waals surface area contributed by atoms with Gasteiger partial charge in [0.15, 0.2) is 0 Å². The number of hydrogen-bond acceptors (Lipinski definition) is 5. The van der Waals surface area contributed by atoms with Crippen LogP contribution in [-0.4, -0.2) is 19.9 Å². The molecule has 0 saturated carbocycles. The van der Waals surface area contributed by atoms with Gasteiger partial charge in [0.25, 0.3) is 0 Å². The zero-order valence-corrected chi connectivity index (χ0v) is 14.4. The Balaban J connectivity index is 1.69. The molecule has 0 atom stereocenters. The number of nitrogen functional groups attached to an aromatic ring is 1. The molecule has 0 aliphatic heterocycles. The van der Waals surface area contributed by atoms with Crippen molar-refractivity contribution in [1.29, 1.82) is 0 Å². The Morgan fingerprint density at radius 3 is 2.30 bits per heavy atom. The molecule has 0 aliphatic rings. The summed E-state index contributed by atoms with van der Waals surface area (Å²) in [6.07, 6.45) is 7.21. The van der Waals surface area contributed by atoms with E-state index >= 15 is 0 Å². The maximum Gasteiger partial charge on any atom is 0.220 e. The summed E-state index contributed by atoms with van der Waals surface area (Å²) in [6.45, 7) is 0. The lowest BCUT2D eigenvalue weighted by molar-refractivity contribution is 1.24. The van der Waals surface area contributed by atoms with E-state index in [1.54, 1.807) is 18.6 Å². The SMILES string of the molecule is Nc1ncc2cc(-c3ccc4nccc(-c5ccncc5)c4c3)ccc2n1. The van der Waals surface area contributed by atoms with Crippen molar-refractivity contribution in [3.63, 3.8) is 0 Å². The first-order valence-electron chi connectivity index (χ1n) is 8.60. The third-order valence-corrected chi connectivity index (χ3v) is 4.66. The molecule has 0 aliphatic carbocycles. The molecule has 0 saturated heterocycles. The van der Waals surface area contributed by atoms with E-state index in [1.807, 2.05) is 30.5 Å². The van der Waals surface area contributed by atoms with E-state index in [4.69, 9.17) is 5.73 Å². The molecular weight excluding hydrogens is 334 g/mol. The predicted octanol–water partition coefficient (Wildman–Crippen LogP) is 4.49. The van der Waals surface area contributed by atoms with E-state index in [9.17, 15) is 0 Å². The Morgan fingerprint density at radius 2 is 1.44 bits per heavy atom. The van der Waals surface area contributed by atoms with Crippen LogP contribution in [0.2, 0.25) is 0 Å². The van der Waals surface area contributed by atoms with Gasteiger partial charge in [-0.15, -0.1) is 0 Å². The van der Waals surface area contributed by atoms with Crippen molar-refractivity contribution in [2.24, 2.45) is 0 Å². The lowest BCUT2D eigenvalue weighted by Gasteiger charge is -2.09. The average molecular weight is 349 g/mol. The summed E-state index contributed by atoms with van der Waals surface area (Å²) in [4.78, 5) is 17.0. The van der Waals surface area contributed by atoms with Crippen LogP contribution in [0.1, 0.15) is 0 Å². The van der Waals surface area contributed by atoms with Gasteiger partial charge < -0.3 is 5.73 Å². The van der Waals surface area contributed by atoms with Crippen LogP contribution >= 0.6 is 0 Å². The van der Waals surface area contributed by atoms with E-state index in [-0.39, 0.29) is 5.95 Å². The average Bonchev–Trinajstić information content (AvgIpc) is 2.73. The van der Waals surface area contributed by atoms with Crippen LogP contribution in [0.3, 0.4) is 0 Å². The second-order valence-electron chi connectivity index (χ2n) is 6.33. The van der Waals surface area contributed by atoms with Gasteiger partial charge in [0.2, 0.25) is 5.95 Å². The monoisotopic (exact) mass is 349 g/mol. The van der Waals surface area contributed by atoms with E-state index in [0.717, 1.165) is 44.1 Å². The van der Waals surface area contributed by atoms with Gasteiger partial charge in [-0.25, -0.2) is 9.97 Å². The van der Waals surface area contributed by atoms with E-state index in [2.05, 4.69) is 50.3 Å². The number of rotatable bonds is 2. The lowest BCUT2D eigenvalue weighted by atomic mass is 9.97. The standard InChI is InChI=1S/C22H15N5/c23-22-26-13-17-11-15(1-3-20(17)27-22)16-2-4-21-19(12-16)18(7-10-25-21)14-5-8-24-9-6-14/h1-13H,(H2,23,26,27). The summed E-state index contributed by atoms with van der Waals surface area (Å²) >= 11 is 0. The zero-order valence-electron chi connectivity index (χ0n) is 14.4. The molecule has 3 heterocycles. The van der Waals surface area contributed by atoms with Crippen LogP contribution in [0.4, 0.5) is 5.95 Å². The Bertz CT molecular complexity index is 1280. The number of fused-ring (bicyclic) bond motifs is 2. The fourth-order valence-electron chi connectivity index (χ4n) is 3.34. The fraction of sp³-hybridized carbons (Fsp3) is 0. The smallest absolute Gasteiger partial charge is 0.220 e. The number of nitrogens with zero attached hydrogens (tertiary/aromatic N) is 4. The topological polar surface area (TPSA) is 77.6 Å². The summed E-state index contributed by atoms with van der Waals surface area (Å²) in [6, 6.07) is 18.5. The summed E-state index contributed by atoms with van der Waals surface area (Å²) in [7, 11) is 0. The summed E-state index contributed by atoms with van der Waals surface area (Å²) in [5, 5.41) is 2.07. The lowest BCUT2D eigenvalue weighted by Crippen LogP contribution is -1.94. The van der Waals surface area contributed by atoms with Crippen molar-refractivity contribution in [3.8, 4) is 22.3 Å². The zero-order chi connectivity index (χ0) is 18.2. The second kappa shape index (κ2) is 6.14. The molecule has 5 aromatic rings. The molecule has 5 rings (SSSR count). The minimum absolute atomic E-state index is 0.286. The van der Waals surface area contributed by atoms with Gasteiger partial charge in [0.1, 0.15) is 0 Å². The molecule has 0 amide bonds. The van der Waals surface area contributed by atoms with Gasteiger partial charge in [0.05, 0.1) is 11.0 Å². The first-order chi connectivity index (χ1) is 13.3. The van der Waals surface area contributed by atoms with Crippen LogP contribution in [0, 0.1) is 0 Å². The molecular formula is C22H15N5. The Kier molecular flexibility index (Phi) is 3.50. The van der Waals surface area contributed by atoms with E-state index < -0.39 is 0 Å². The Labute approximate surface area is 155 Å². The van der Waals surface area contributed by atoms with Gasteiger partial charge in [-0.05, 0) is 64.7 Å². The van der Waals surface area contributed by atoms with Crippen LogP contribution in [-0.2, 0) is 0 Å². The maximum atomic E-state index is 5.67. The molecule has 5 nitrogen and oxygen atoms in total. The highest BCUT2D eigenvalue weighted by Crippen LogP contribution is 2.31. The first kappa shape index (κ1) is 15.4. The molecule has 2 aromatic carbocycles. The molecule has 27 heavy (non-hydrogen) atoms. The van der Waals surface area contributed by atoms with E-state index in [1.165, 1.54) is 0 Å². The summed E-state index contributed by atoms with van der Waals surface area (Å²) in [5.74, 6) is 0.286. The predicted molar refractivity (Wildman–Crippen MR) is 108 cm³/mol. The minimum Gasteiger partial charge on any atom is -0.368 e. The van der Waals surface area contributed by atoms with Crippen molar-refractivity contribution in [2.75, 3.05) is 5.73 Å². The molecule has 0 unspecified atom stereocenters. The molecule has 0 fully saturated rings. The third-order valence-electron chi connectivity index (χ3n) is 4.66. The van der Waals surface area contributed by atoms with Crippen LogP contribution in [0.25, 0.3) is 44.1 Å². The highest BCUT2D eigenvalue weighted by Gasteiger charge is 2.08. The van der Waals surface area contributed by atoms with Gasteiger partial charge in [-0.3, -0.25) is 9.97 Å². The molecule has 0 bridgehead atoms. The quantitative estimate of drug-likeness (QED) is 0.508. The molecule has 3 aromatic heterocycles. The normalized spacial score (nSPS) is 11.1. The van der Waals surface area contributed by atoms with Gasteiger partial charge in [0, 0.05) is 35.6 Å². The first-order valence-corrected chi connectivity index (χ1v) is 8.60. The molecule has 128 valence electrons. The minimum atomic E-state index is 0.286. The second-order valence-corrected chi connectivity index (χ2v) is 6.33.